The Bertz CT molecular complexity index is 729. The van der Waals surface area contributed by atoms with Gasteiger partial charge < -0.3 is 4.90 Å². The van der Waals surface area contributed by atoms with Crippen LogP contribution in [0, 0.1) is 44.3 Å². The molecule has 0 N–H and O–H groups in total. The van der Waals surface area contributed by atoms with E-state index >= 15 is 0 Å². The molecule has 2 aliphatic heterocycles. The summed E-state index contributed by atoms with van der Waals surface area (Å²) in [7, 11) is 0. The Kier molecular flexibility index (Phi) is 3.94. The molecule has 1 saturated heterocycles. The molecule has 0 spiro atoms. The number of nitriles is 2. The molecule has 2 aliphatic rings. The van der Waals surface area contributed by atoms with Crippen LogP contribution in [-0.4, -0.2) is 22.0 Å². The van der Waals surface area contributed by atoms with Crippen LogP contribution in [0.2, 0.25) is 0 Å². The number of piperidine rings is 1. The van der Waals surface area contributed by atoms with E-state index in [1.165, 1.54) is 16.7 Å². The van der Waals surface area contributed by atoms with Crippen LogP contribution in [0.25, 0.3) is 0 Å². The Labute approximate surface area is 147 Å². The van der Waals surface area contributed by atoms with Gasteiger partial charge in [-0.05, 0) is 17.8 Å². The zero-order valence-electron chi connectivity index (χ0n) is 15.2. The van der Waals surface area contributed by atoms with Crippen LogP contribution >= 0.6 is 11.8 Å². The fraction of sp³-hybridized carbons (Fsp3) is 0.667. The number of ketones is 1. The third-order valence-corrected chi connectivity index (χ3v) is 6.43. The van der Waals surface area contributed by atoms with Crippen molar-refractivity contribution < 1.29 is 9.59 Å². The Morgan fingerprint density at radius 3 is 2.00 bits per heavy atom. The molecule has 5 nitrogen and oxygen atoms in total. The molecular weight excluding hydrogens is 322 g/mol. The van der Waals surface area contributed by atoms with Gasteiger partial charge >= 0.3 is 0 Å². The number of carbonyl (C=O) groups excluding carboxylic acids is 2. The quantitative estimate of drug-likeness (QED) is 0.628. The van der Waals surface area contributed by atoms with E-state index in [0.717, 1.165) is 4.91 Å². The van der Waals surface area contributed by atoms with Gasteiger partial charge in [0, 0.05) is 11.1 Å². The summed E-state index contributed by atoms with van der Waals surface area (Å²) in [5, 5.41) is 19.4. The van der Waals surface area contributed by atoms with Gasteiger partial charge in [0.15, 0.2) is 11.2 Å². The van der Waals surface area contributed by atoms with E-state index in [1.54, 1.807) is 27.0 Å². The second-order valence-corrected chi connectivity index (χ2v) is 9.86. The van der Waals surface area contributed by atoms with Crippen molar-refractivity contribution in [1.82, 2.24) is 4.90 Å². The first-order valence-corrected chi connectivity index (χ1v) is 8.74. The normalized spacial score (nSPS) is 33.6. The smallest absolute Gasteiger partial charge is 0.256 e. The molecule has 2 heterocycles. The molecule has 0 aliphatic carbocycles. The predicted molar refractivity (Wildman–Crippen MR) is 92.0 cm³/mol. The van der Waals surface area contributed by atoms with Crippen molar-refractivity contribution in [3.63, 3.8) is 0 Å². The van der Waals surface area contributed by atoms with E-state index in [4.69, 9.17) is 0 Å². The molecule has 6 heteroatoms. The Morgan fingerprint density at radius 1 is 1.08 bits per heavy atom. The van der Waals surface area contributed by atoms with Crippen LogP contribution in [-0.2, 0) is 9.59 Å². The van der Waals surface area contributed by atoms with Gasteiger partial charge in [-0.25, -0.2) is 0 Å². The second kappa shape index (κ2) is 5.10. The van der Waals surface area contributed by atoms with Crippen LogP contribution in [0.15, 0.2) is 11.1 Å². The van der Waals surface area contributed by atoms with Gasteiger partial charge in [-0.1, -0.05) is 41.5 Å². The number of fused-ring (bicyclic) bond motifs is 1. The number of hydrogen-bond acceptors (Lipinski definition) is 5. The Morgan fingerprint density at radius 2 is 1.62 bits per heavy atom. The summed E-state index contributed by atoms with van der Waals surface area (Å²) in [6, 6.07) is 4.25. The summed E-state index contributed by atoms with van der Waals surface area (Å²) < 4.78 is 0. The van der Waals surface area contributed by atoms with Crippen LogP contribution in [0.1, 0.15) is 48.5 Å². The van der Waals surface area contributed by atoms with Crippen LogP contribution in [0.5, 0.6) is 0 Å². The van der Waals surface area contributed by atoms with Crippen molar-refractivity contribution in [1.29, 1.82) is 10.5 Å². The lowest BCUT2D eigenvalue weighted by molar-refractivity contribution is -0.168. The Hall–Kier alpha value is -1.79. The first kappa shape index (κ1) is 18.5. The van der Waals surface area contributed by atoms with E-state index < -0.39 is 38.7 Å². The standard InChI is InChI=1S/C18H23N3O2S/c1-11-8-21-13(23)17(9-19,15(2,3)4)12(22)18(10-20,14(21)24-11)16(5,6)7/h8,14H,1-7H3/t14-,17+,18+/m0/s1. The lowest BCUT2D eigenvalue weighted by Gasteiger charge is -2.54. The molecule has 128 valence electrons. The number of allylic oxidation sites excluding steroid dienone is 1. The van der Waals surface area contributed by atoms with E-state index in [9.17, 15) is 20.1 Å². The first-order chi connectivity index (χ1) is 10.8. The van der Waals surface area contributed by atoms with Gasteiger partial charge in [0.2, 0.25) is 5.41 Å². The SMILES string of the molecule is CC1=CN2C(=O)[C@](C#N)(C(C)(C)C)C(=O)[C@@](C#N)(C(C)(C)C)[C@@H]2S1. The number of Topliss-reactive ketones (excluding diaryl/α,β-unsaturated/α-hetero) is 1. The maximum absolute atomic E-state index is 13.7. The Balaban J connectivity index is 2.90. The number of amides is 1. The van der Waals surface area contributed by atoms with Gasteiger partial charge in [0.05, 0.1) is 12.1 Å². The molecule has 1 amide bonds. The number of thioether (sulfide) groups is 1. The number of rotatable bonds is 0. The van der Waals surface area contributed by atoms with E-state index in [0.29, 0.717) is 0 Å². The van der Waals surface area contributed by atoms with Crippen LogP contribution in [0.4, 0.5) is 0 Å². The van der Waals surface area contributed by atoms with Crippen molar-refractivity contribution in [2.45, 2.75) is 53.8 Å². The van der Waals surface area contributed by atoms with E-state index in [-0.39, 0.29) is 0 Å². The fourth-order valence-electron chi connectivity index (χ4n) is 3.60. The molecule has 2 rings (SSSR count). The summed E-state index contributed by atoms with van der Waals surface area (Å²) in [4.78, 5) is 29.2. The van der Waals surface area contributed by atoms with Crippen molar-refractivity contribution >= 4 is 23.5 Å². The van der Waals surface area contributed by atoms with Gasteiger partial charge in [0.1, 0.15) is 5.37 Å². The molecule has 0 saturated carbocycles. The summed E-state index contributed by atoms with van der Waals surface area (Å²) in [5.74, 6) is -1.09. The predicted octanol–water partition coefficient (Wildman–Crippen LogP) is 3.44. The maximum Gasteiger partial charge on any atom is 0.256 e. The topological polar surface area (TPSA) is 85.0 Å². The highest BCUT2D eigenvalue weighted by Gasteiger charge is 2.73. The molecule has 0 aromatic rings. The first-order valence-electron chi connectivity index (χ1n) is 7.86. The van der Waals surface area contributed by atoms with Crippen molar-refractivity contribution in [2.24, 2.45) is 21.7 Å². The van der Waals surface area contributed by atoms with E-state index in [1.807, 2.05) is 33.8 Å². The van der Waals surface area contributed by atoms with Crippen molar-refractivity contribution in [3.8, 4) is 12.1 Å². The van der Waals surface area contributed by atoms with Gasteiger partial charge in [0.25, 0.3) is 5.91 Å². The fourth-order valence-corrected chi connectivity index (χ4v) is 5.09. The number of nitrogens with zero attached hydrogens (tertiary/aromatic N) is 3. The van der Waals surface area contributed by atoms with E-state index in [2.05, 4.69) is 6.07 Å². The molecular formula is C18H23N3O2S. The summed E-state index contributed by atoms with van der Waals surface area (Å²) >= 11 is 1.35. The minimum Gasteiger partial charge on any atom is -0.302 e. The summed E-state index contributed by atoms with van der Waals surface area (Å²) in [6.07, 6.45) is 1.67. The minimum atomic E-state index is -1.88. The largest absolute Gasteiger partial charge is 0.302 e. The lowest BCUT2D eigenvalue weighted by atomic mass is 9.51. The number of carbonyl (C=O) groups is 2. The monoisotopic (exact) mass is 345 g/mol. The molecule has 0 unspecified atom stereocenters. The number of hydrogen-bond donors (Lipinski definition) is 0. The zero-order chi connectivity index (χ0) is 18.7. The molecule has 3 atom stereocenters. The highest BCUT2D eigenvalue weighted by atomic mass is 32.2. The third kappa shape index (κ3) is 1.93. The molecule has 0 radical (unpaired) electrons. The molecule has 1 fully saturated rings. The molecule has 0 bridgehead atoms. The van der Waals surface area contributed by atoms with Gasteiger partial charge in [-0.3, -0.25) is 9.59 Å². The van der Waals surface area contributed by atoms with Crippen LogP contribution in [0.3, 0.4) is 0 Å². The molecule has 24 heavy (non-hydrogen) atoms. The highest BCUT2D eigenvalue weighted by Crippen LogP contribution is 2.61. The van der Waals surface area contributed by atoms with Crippen molar-refractivity contribution in [2.75, 3.05) is 0 Å². The average Bonchev–Trinajstić information content (AvgIpc) is 2.80. The second-order valence-electron chi connectivity index (χ2n) is 8.53. The summed E-state index contributed by atoms with van der Waals surface area (Å²) in [6.45, 7) is 12.4. The third-order valence-electron chi connectivity index (χ3n) is 5.15. The molecule has 0 aromatic heterocycles. The minimum absolute atomic E-state index is 0.521. The molecule has 0 aromatic carbocycles. The summed E-state index contributed by atoms with van der Waals surface area (Å²) in [5.41, 5.74) is -5.01. The van der Waals surface area contributed by atoms with Crippen LogP contribution < -0.4 is 0 Å². The van der Waals surface area contributed by atoms with Gasteiger partial charge in [-0.2, -0.15) is 10.5 Å². The van der Waals surface area contributed by atoms with Crippen molar-refractivity contribution in [3.05, 3.63) is 11.1 Å². The average molecular weight is 345 g/mol. The highest BCUT2D eigenvalue weighted by molar-refractivity contribution is 8.03. The van der Waals surface area contributed by atoms with Gasteiger partial charge in [-0.15, -0.1) is 11.8 Å². The lowest BCUT2D eigenvalue weighted by Crippen LogP contribution is -2.70. The maximum atomic E-state index is 13.7. The zero-order valence-corrected chi connectivity index (χ0v) is 16.0.